The molecule has 3 aromatic heterocycles. The van der Waals surface area contributed by atoms with Crippen LogP contribution in [0.15, 0.2) is 30.6 Å². The third-order valence-electron chi connectivity index (χ3n) is 2.86. The molecular weight excluding hydrogens is 290 g/mol. The van der Waals surface area contributed by atoms with Crippen LogP contribution in [0.1, 0.15) is 11.4 Å². The number of halogens is 1. The highest BCUT2D eigenvalue weighted by Gasteiger charge is 2.07. The standard InChI is InChI=1S/C13H13N7.ClH/c14-11-10-12(20-13(15)19-11)17-7-9(18-10)5-4-8-3-1-2-6-16-8;/h1-3,6-7H,4-5H2,(H4,14,15,17,19,20);1H. The molecule has 0 spiro atoms. The van der Waals surface area contributed by atoms with Gasteiger partial charge < -0.3 is 11.5 Å². The first-order chi connectivity index (χ1) is 9.72. The average molecular weight is 304 g/mol. The van der Waals surface area contributed by atoms with Gasteiger partial charge >= 0.3 is 0 Å². The second-order valence-electron chi connectivity index (χ2n) is 4.32. The van der Waals surface area contributed by atoms with Crippen LogP contribution in [0.3, 0.4) is 0 Å². The molecule has 3 aromatic rings. The number of aryl methyl sites for hydroxylation is 2. The zero-order chi connectivity index (χ0) is 13.9. The summed E-state index contributed by atoms with van der Waals surface area (Å²) in [6, 6.07) is 5.83. The van der Waals surface area contributed by atoms with Gasteiger partial charge in [0.15, 0.2) is 17.0 Å². The van der Waals surface area contributed by atoms with Crippen LogP contribution in [0.4, 0.5) is 11.8 Å². The van der Waals surface area contributed by atoms with Gasteiger partial charge in [-0.05, 0) is 25.0 Å². The van der Waals surface area contributed by atoms with Gasteiger partial charge in [-0.25, -0.2) is 9.97 Å². The quantitative estimate of drug-likeness (QED) is 0.746. The van der Waals surface area contributed by atoms with Crippen molar-refractivity contribution in [2.75, 3.05) is 11.5 Å². The van der Waals surface area contributed by atoms with Crippen molar-refractivity contribution >= 4 is 35.3 Å². The highest BCUT2D eigenvalue weighted by molar-refractivity contribution is 5.85. The Balaban J connectivity index is 0.00000161. The number of pyridine rings is 1. The molecule has 0 bridgehead atoms. The van der Waals surface area contributed by atoms with E-state index in [0.717, 1.165) is 24.2 Å². The van der Waals surface area contributed by atoms with Crippen molar-refractivity contribution in [2.45, 2.75) is 12.8 Å². The van der Waals surface area contributed by atoms with Gasteiger partial charge in [-0.2, -0.15) is 9.97 Å². The zero-order valence-electron chi connectivity index (χ0n) is 11.1. The number of rotatable bonds is 3. The number of nitrogens with two attached hydrogens (primary N) is 2. The lowest BCUT2D eigenvalue weighted by Crippen LogP contribution is -2.05. The Hall–Kier alpha value is -2.54. The van der Waals surface area contributed by atoms with E-state index in [-0.39, 0.29) is 24.2 Å². The molecule has 0 aliphatic rings. The number of anilines is 2. The van der Waals surface area contributed by atoms with Gasteiger partial charge in [0, 0.05) is 11.9 Å². The summed E-state index contributed by atoms with van der Waals surface area (Å²) in [7, 11) is 0. The maximum atomic E-state index is 5.79. The van der Waals surface area contributed by atoms with Crippen molar-refractivity contribution < 1.29 is 0 Å². The molecule has 108 valence electrons. The summed E-state index contributed by atoms with van der Waals surface area (Å²) in [5.74, 6) is 0.352. The SMILES string of the molecule is Cl.Nc1nc(N)c2nc(CCc3ccccn3)cnc2n1. The molecule has 3 heterocycles. The molecule has 7 nitrogen and oxygen atoms in total. The van der Waals surface area contributed by atoms with Gasteiger partial charge in [0.25, 0.3) is 0 Å². The molecule has 0 atom stereocenters. The lowest BCUT2D eigenvalue weighted by Gasteiger charge is -2.04. The Labute approximate surface area is 127 Å². The van der Waals surface area contributed by atoms with Crippen LogP contribution >= 0.6 is 12.4 Å². The first-order valence-electron chi connectivity index (χ1n) is 6.17. The van der Waals surface area contributed by atoms with E-state index in [1.165, 1.54) is 0 Å². The van der Waals surface area contributed by atoms with E-state index in [1.807, 2.05) is 18.2 Å². The Morgan fingerprint density at radius 3 is 2.48 bits per heavy atom. The van der Waals surface area contributed by atoms with Crippen molar-refractivity contribution in [1.82, 2.24) is 24.9 Å². The summed E-state index contributed by atoms with van der Waals surface area (Å²) in [6.07, 6.45) is 4.97. The fourth-order valence-corrected chi connectivity index (χ4v) is 1.91. The summed E-state index contributed by atoms with van der Waals surface area (Å²) in [6.45, 7) is 0. The van der Waals surface area contributed by atoms with Gasteiger partial charge in [-0.15, -0.1) is 12.4 Å². The van der Waals surface area contributed by atoms with Crippen LogP contribution in [0.25, 0.3) is 11.2 Å². The fraction of sp³-hybridized carbons (Fsp3) is 0.154. The molecule has 4 N–H and O–H groups in total. The third kappa shape index (κ3) is 3.32. The van der Waals surface area contributed by atoms with Crippen LogP contribution in [0.5, 0.6) is 0 Å². The van der Waals surface area contributed by atoms with E-state index in [4.69, 9.17) is 11.5 Å². The van der Waals surface area contributed by atoms with E-state index in [9.17, 15) is 0 Å². The van der Waals surface area contributed by atoms with E-state index >= 15 is 0 Å². The summed E-state index contributed by atoms with van der Waals surface area (Å²) >= 11 is 0. The molecule has 0 amide bonds. The highest BCUT2D eigenvalue weighted by atomic mass is 35.5. The van der Waals surface area contributed by atoms with Gasteiger partial charge in [-0.3, -0.25) is 4.98 Å². The second kappa shape index (κ2) is 6.27. The summed E-state index contributed by atoms with van der Waals surface area (Å²) in [5, 5.41) is 0. The minimum Gasteiger partial charge on any atom is -0.382 e. The first kappa shape index (κ1) is 14.9. The molecule has 0 aliphatic heterocycles. The number of nitrogen functional groups attached to an aromatic ring is 2. The summed E-state index contributed by atoms with van der Waals surface area (Å²) in [5.41, 5.74) is 14.0. The predicted octanol–water partition coefficient (Wildman–Crippen LogP) is 1.19. The molecule has 0 aromatic carbocycles. The zero-order valence-corrected chi connectivity index (χ0v) is 11.9. The number of fused-ring (bicyclic) bond motifs is 1. The van der Waals surface area contributed by atoms with E-state index < -0.39 is 0 Å². The van der Waals surface area contributed by atoms with Crippen LogP contribution in [0.2, 0.25) is 0 Å². The highest BCUT2D eigenvalue weighted by Crippen LogP contribution is 2.15. The van der Waals surface area contributed by atoms with Crippen molar-refractivity contribution in [3.8, 4) is 0 Å². The number of hydrogen-bond acceptors (Lipinski definition) is 7. The Morgan fingerprint density at radius 2 is 1.71 bits per heavy atom. The second-order valence-corrected chi connectivity index (χ2v) is 4.32. The van der Waals surface area contributed by atoms with E-state index in [2.05, 4.69) is 24.9 Å². The normalized spacial score (nSPS) is 10.3. The van der Waals surface area contributed by atoms with Crippen molar-refractivity contribution in [1.29, 1.82) is 0 Å². The molecule has 21 heavy (non-hydrogen) atoms. The van der Waals surface area contributed by atoms with Crippen molar-refractivity contribution in [2.24, 2.45) is 0 Å². The molecule has 0 fully saturated rings. The Bertz CT molecular complexity index is 748. The Kier molecular flexibility index (Phi) is 4.44. The van der Waals surface area contributed by atoms with Crippen LogP contribution in [0, 0.1) is 0 Å². The minimum absolute atomic E-state index is 0. The largest absolute Gasteiger partial charge is 0.382 e. The molecule has 0 radical (unpaired) electrons. The number of aromatic nitrogens is 5. The molecule has 0 saturated carbocycles. The summed E-state index contributed by atoms with van der Waals surface area (Å²) in [4.78, 5) is 20.8. The Morgan fingerprint density at radius 1 is 0.905 bits per heavy atom. The number of hydrogen-bond donors (Lipinski definition) is 2. The van der Waals surface area contributed by atoms with Gasteiger partial charge in [0.1, 0.15) is 0 Å². The average Bonchev–Trinajstić information content (AvgIpc) is 2.46. The lowest BCUT2D eigenvalue weighted by molar-refractivity contribution is 0.877. The van der Waals surface area contributed by atoms with Crippen molar-refractivity contribution in [3.05, 3.63) is 42.0 Å². The maximum absolute atomic E-state index is 5.79. The third-order valence-corrected chi connectivity index (χ3v) is 2.86. The molecule has 0 saturated heterocycles. The van der Waals surface area contributed by atoms with Gasteiger partial charge in [-0.1, -0.05) is 6.07 Å². The lowest BCUT2D eigenvalue weighted by atomic mass is 10.2. The first-order valence-corrected chi connectivity index (χ1v) is 6.17. The van der Waals surface area contributed by atoms with Gasteiger partial charge in [0.2, 0.25) is 5.95 Å². The monoisotopic (exact) mass is 303 g/mol. The van der Waals surface area contributed by atoms with Crippen LogP contribution < -0.4 is 11.5 Å². The van der Waals surface area contributed by atoms with Crippen LogP contribution in [-0.4, -0.2) is 24.9 Å². The predicted molar refractivity (Wildman–Crippen MR) is 82.8 cm³/mol. The van der Waals surface area contributed by atoms with E-state index in [0.29, 0.717) is 11.2 Å². The van der Waals surface area contributed by atoms with Crippen LogP contribution in [-0.2, 0) is 12.8 Å². The summed E-state index contributed by atoms with van der Waals surface area (Å²) < 4.78 is 0. The van der Waals surface area contributed by atoms with Gasteiger partial charge in [0.05, 0.1) is 11.9 Å². The smallest absolute Gasteiger partial charge is 0.224 e. The molecule has 3 rings (SSSR count). The molecule has 0 aliphatic carbocycles. The molecule has 0 unspecified atom stereocenters. The minimum atomic E-state index is 0. The topological polar surface area (TPSA) is 116 Å². The van der Waals surface area contributed by atoms with Crippen molar-refractivity contribution in [3.63, 3.8) is 0 Å². The fourth-order valence-electron chi connectivity index (χ4n) is 1.91. The molecule has 8 heteroatoms. The molecular formula is C13H14ClN7. The van der Waals surface area contributed by atoms with E-state index in [1.54, 1.807) is 12.4 Å². The number of nitrogens with zero attached hydrogens (tertiary/aromatic N) is 5. The maximum Gasteiger partial charge on any atom is 0.224 e.